The third-order valence-corrected chi connectivity index (χ3v) is 4.18. The average molecular weight is 289 g/mol. The van der Waals surface area contributed by atoms with Gasteiger partial charge < -0.3 is 10.2 Å². The van der Waals surface area contributed by atoms with E-state index >= 15 is 0 Å². The molecular weight excluding hydrogens is 266 g/mol. The Bertz CT molecular complexity index is 558. The van der Waals surface area contributed by atoms with E-state index in [1.54, 1.807) is 11.8 Å². The molecule has 21 heavy (non-hydrogen) atoms. The molecular formula is C16H23N3O2. The van der Waals surface area contributed by atoms with Crippen LogP contribution in [0.2, 0.25) is 0 Å². The van der Waals surface area contributed by atoms with Crippen molar-refractivity contribution in [2.75, 3.05) is 0 Å². The van der Waals surface area contributed by atoms with Gasteiger partial charge in [0.15, 0.2) is 0 Å². The number of piperazine rings is 1. The number of nitrogens with one attached hydrogen (secondary N) is 1. The quantitative estimate of drug-likeness (QED) is 0.919. The lowest BCUT2D eigenvalue weighted by molar-refractivity contribution is -0.155. The Kier molecular flexibility index (Phi) is 4.30. The summed E-state index contributed by atoms with van der Waals surface area (Å²) in [5.74, 6) is -0.103. The van der Waals surface area contributed by atoms with E-state index in [1.165, 1.54) is 0 Å². The molecule has 0 radical (unpaired) electrons. The van der Waals surface area contributed by atoms with Gasteiger partial charge in [-0.25, -0.2) is 0 Å². The number of amides is 2. The van der Waals surface area contributed by atoms with Gasteiger partial charge in [-0.1, -0.05) is 19.9 Å². The Hall–Kier alpha value is -1.91. The van der Waals surface area contributed by atoms with Crippen LogP contribution in [0.15, 0.2) is 18.2 Å². The zero-order valence-electron chi connectivity index (χ0n) is 13.1. The number of hydrogen-bond donors (Lipinski definition) is 1. The molecule has 1 fully saturated rings. The standard InChI is InChI=1S/C16H23N3O2/c1-5-13-14(20)18-16(4,6-2)15(21)19(13)10-12-9-7-8-11(3)17-12/h7-9,13H,5-6,10H2,1-4H3,(H,18,20). The lowest BCUT2D eigenvalue weighted by atomic mass is 9.91. The van der Waals surface area contributed by atoms with Crippen LogP contribution in [-0.2, 0) is 16.1 Å². The van der Waals surface area contributed by atoms with Crippen LogP contribution in [0.3, 0.4) is 0 Å². The molecule has 0 bridgehead atoms. The Labute approximate surface area is 125 Å². The van der Waals surface area contributed by atoms with Crippen molar-refractivity contribution < 1.29 is 9.59 Å². The van der Waals surface area contributed by atoms with Crippen LogP contribution in [-0.4, -0.2) is 33.3 Å². The largest absolute Gasteiger partial charge is 0.340 e. The molecule has 5 nitrogen and oxygen atoms in total. The van der Waals surface area contributed by atoms with Crippen LogP contribution in [0.25, 0.3) is 0 Å². The minimum Gasteiger partial charge on any atom is -0.340 e. The number of pyridine rings is 1. The highest BCUT2D eigenvalue weighted by atomic mass is 16.2. The van der Waals surface area contributed by atoms with Crippen LogP contribution in [0.1, 0.15) is 45.0 Å². The maximum absolute atomic E-state index is 12.8. The highest BCUT2D eigenvalue weighted by molar-refractivity contribution is 5.99. The number of nitrogens with zero attached hydrogens (tertiary/aromatic N) is 2. The van der Waals surface area contributed by atoms with Gasteiger partial charge in [-0.15, -0.1) is 0 Å². The molecule has 5 heteroatoms. The zero-order valence-corrected chi connectivity index (χ0v) is 13.1. The summed E-state index contributed by atoms with van der Waals surface area (Å²) in [4.78, 5) is 31.2. The summed E-state index contributed by atoms with van der Waals surface area (Å²) in [6, 6.07) is 5.32. The fraction of sp³-hybridized carbons (Fsp3) is 0.562. The van der Waals surface area contributed by atoms with Gasteiger partial charge in [0.05, 0.1) is 12.2 Å². The molecule has 1 aliphatic heterocycles. The zero-order chi connectivity index (χ0) is 15.6. The van der Waals surface area contributed by atoms with E-state index in [0.717, 1.165) is 11.4 Å². The number of carbonyl (C=O) groups excluding carboxylic acids is 2. The van der Waals surface area contributed by atoms with Crippen LogP contribution < -0.4 is 5.32 Å². The highest BCUT2D eigenvalue weighted by Gasteiger charge is 2.46. The fourth-order valence-electron chi connectivity index (χ4n) is 2.70. The van der Waals surface area contributed by atoms with Crippen LogP contribution in [0, 0.1) is 6.92 Å². The minimum atomic E-state index is -0.813. The smallest absolute Gasteiger partial charge is 0.249 e. The molecule has 0 aliphatic carbocycles. The Morgan fingerprint density at radius 3 is 2.62 bits per heavy atom. The van der Waals surface area contributed by atoms with E-state index in [2.05, 4.69) is 10.3 Å². The van der Waals surface area contributed by atoms with Gasteiger partial charge in [0.1, 0.15) is 11.6 Å². The Morgan fingerprint density at radius 1 is 1.33 bits per heavy atom. The van der Waals surface area contributed by atoms with Crippen molar-refractivity contribution in [1.82, 2.24) is 15.2 Å². The van der Waals surface area contributed by atoms with Crippen molar-refractivity contribution in [3.63, 3.8) is 0 Å². The minimum absolute atomic E-state index is 0.0280. The third-order valence-electron chi connectivity index (χ3n) is 4.18. The van der Waals surface area contributed by atoms with Crippen LogP contribution >= 0.6 is 0 Å². The van der Waals surface area contributed by atoms with E-state index in [0.29, 0.717) is 19.4 Å². The summed E-state index contributed by atoms with van der Waals surface area (Å²) in [5.41, 5.74) is 0.912. The summed E-state index contributed by atoms with van der Waals surface area (Å²) in [5, 5.41) is 2.87. The number of aryl methyl sites for hydroxylation is 1. The first kappa shape index (κ1) is 15.5. The van der Waals surface area contributed by atoms with Gasteiger partial charge >= 0.3 is 0 Å². The SMILES string of the molecule is CCC1C(=O)NC(C)(CC)C(=O)N1Cc1cccc(C)n1. The van der Waals surface area contributed by atoms with Gasteiger partial charge in [0, 0.05) is 5.69 Å². The maximum Gasteiger partial charge on any atom is 0.249 e. The number of aromatic nitrogens is 1. The molecule has 1 saturated heterocycles. The molecule has 2 atom stereocenters. The molecule has 1 aromatic heterocycles. The average Bonchev–Trinajstić information content (AvgIpc) is 2.45. The lowest BCUT2D eigenvalue weighted by Gasteiger charge is -2.43. The van der Waals surface area contributed by atoms with Gasteiger partial charge in [-0.05, 0) is 38.8 Å². The van der Waals surface area contributed by atoms with Crippen molar-refractivity contribution in [3.8, 4) is 0 Å². The van der Waals surface area contributed by atoms with Crippen molar-refractivity contribution in [2.24, 2.45) is 0 Å². The lowest BCUT2D eigenvalue weighted by Crippen LogP contribution is -2.68. The molecule has 0 saturated carbocycles. The fourth-order valence-corrected chi connectivity index (χ4v) is 2.70. The van der Waals surface area contributed by atoms with Crippen molar-refractivity contribution in [2.45, 2.75) is 58.7 Å². The number of rotatable bonds is 4. The van der Waals surface area contributed by atoms with E-state index < -0.39 is 11.6 Å². The predicted octanol–water partition coefficient (Wildman–Crippen LogP) is 1.80. The summed E-state index contributed by atoms with van der Waals surface area (Å²) < 4.78 is 0. The second-order valence-electron chi connectivity index (χ2n) is 5.80. The van der Waals surface area contributed by atoms with E-state index in [4.69, 9.17) is 0 Å². The molecule has 2 amide bonds. The van der Waals surface area contributed by atoms with Gasteiger partial charge in [0.25, 0.3) is 0 Å². The Balaban J connectivity index is 2.32. The molecule has 0 aromatic carbocycles. The molecule has 1 aromatic rings. The number of carbonyl (C=O) groups is 2. The van der Waals surface area contributed by atoms with E-state index in [-0.39, 0.29) is 11.8 Å². The molecule has 2 unspecified atom stereocenters. The summed E-state index contributed by atoms with van der Waals surface area (Å²) in [7, 11) is 0. The first-order valence-corrected chi connectivity index (χ1v) is 7.47. The van der Waals surface area contributed by atoms with Crippen molar-refractivity contribution in [3.05, 3.63) is 29.6 Å². The van der Waals surface area contributed by atoms with Crippen LogP contribution in [0.4, 0.5) is 0 Å². The monoisotopic (exact) mass is 289 g/mol. The topological polar surface area (TPSA) is 62.3 Å². The highest BCUT2D eigenvalue weighted by Crippen LogP contribution is 2.24. The molecule has 0 spiro atoms. The second-order valence-corrected chi connectivity index (χ2v) is 5.80. The van der Waals surface area contributed by atoms with Crippen molar-refractivity contribution in [1.29, 1.82) is 0 Å². The third kappa shape index (κ3) is 2.91. The molecule has 2 heterocycles. The maximum atomic E-state index is 12.8. The first-order chi connectivity index (χ1) is 9.91. The molecule has 2 rings (SSSR count). The normalized spacial score (nSPS) is 25.9. The predicted molar refractivity (Wildman–Crippen MR) is 80.4 cm³/mol. The summed E-state index contributed by atoms with van der Waals surface area (Å²) in [6.07, 6.45) is 1.18. The van der Waals surface area contributed by atoms with Gasteiger partial charge in [-0.2, -0.15) is 0 Å². The van der Waals surface area contributed by atoms with E-state index in [9.17, 15) is 9.59 Å². The Morgan fingerprint density at radius 2 is 2.05 bits per heavy atom. The number of hydrogen-bond acceptors (Lipinski definition) is 3. The molecule has 1 N–H and O–H groups in total. The van der Waals surface area contributed by atoms with Crippen molar-refractivity contribution >= 4 is 11.8 Å². The molecule has 114 valence electrons. The van der Waals surface area contributed by atoms with E-state index in [1.807, 2.05) is 39.0 Å². The van der Waals surface area contributed by atoms with Gasteiger partial charge in [-0.3, -0.25) is 14.6 Å². The van der Waals surface area contributed by atoms with Gasteiger partial charge in [0.2, 0.25) is 11.8 Å². The first-order valence-electron chi connectivity index (χ1n) is 7.47. The summed E-state index contributed by atoms with van der Waals surface area (Å²) in [6.45, 7) is 7.91. The second kappa shape index (κ2) is 5.84. The summed E-state index contributed by atoms with van der Waals surface area (Å²) >= 11 is 0. The molecule has 1 aliphatic rings. The van der Waals surface area contributed by atoms with Crippen LogP contribution in [0.5, 0.6) is 0 Å².